The summed E-state index contributed by atoms with van der Waals surface area (Å²) in [7, 11) is 2.25. The van der Waals surface area contributed by atoms with E-state index in [0.29, 0.717) is 23.9 Å². The van der Waals surface area contributed by atoms with E-state index in [0.717, 1.165) is 11.7 Å². The van der Waals surface area contributed by atoms with Crippen molar-refractivity contribution in [3.63, 3.8) is 0 Å². The molecule has 2 saturated heterocycles. The fourth-order valence-electron chi connectivity index (χ4n) is 4.41. The zero-order valence-electron chi connectivity index (χ0n) is 13.5. The Morgan fingerprint density at radius 2 is 1.91 bits per heavy atom. The van der Waals surface area contributed by atoms with Crippen LogP contribution in [0.15, 0.2) is 28.8 Å². The Hall–Kier alpha value is -1.68. The molecule has 1 aromatic heterocycles. The van der Waals surface area contributed by atoms with Gasteiger partial charge in [-0.2, -0.15) is 4.98 Å². The topological polar surface area (TPSA) is 42.2 Å². The van der Waals surface area contributed by atoms with Crippen LogP contribution in [0, 0.1) is 13.8 Å². The standard InChI is InChI=1S/C18H23N3O/c1-11-4-6-13(7-5-11)15-10-14-8-9-16(21(14)3)17(15)18-19-12(2)20-22-18/h4-7,14-17H,8-10H2,1-3H3/t14-,15+,16?,17?/m1/s1. The van der Waals surface area contributed by atoms with Crippen LogP contribution in [0.25, 0.3) is 0 Å². The van der Waals surface area contributed by atoms with Crippen molar-refractivity contribution in [2.45, 2.75) is 57.0 Å². The molecular weight excluding hydrogens is 274 g/mol. The van der Waals surface area contributed by atoms with Crippen molar-refractivity contribution in [3.8, 4) is 0 Å². The quantitative estimate of drug-likeness (QED) is 0.852. The Morgan fingerprint density at radius 1 is 1.14 bits per heavy atom. The van der Waals surface area contributed by atoms with Gasteiger partial charge in [0.15, 0.2) is 5.82 Å². The summed E-state index contributed by atoms with van der Waals surface area (Å²) in [5, 5.41) is 4.04. The van der Waals surface area contributed by atoms with Gasteiger partial charge in [-0.25, -0.2) is 0 Å². The first kappa shape index (κ1) is 13.9. The molecule has 0 aliphatic carbocycles. The van der Waals surface area contributed by atoms with E-state index >= 15 is 0 Å². The fourth-order valence-corrected chi connectivity index (χ4v) is 4.41. The molecule has 3 heterocycles. The third-order valence-electron chi connectivity index (χ3n) is 5.60. The van der Waals surface area contributed by atoms with Crippen LogP contribution in [0.4, 0.5) is 0 Å². The third-order valence-corrected chi connectivity index (χ3v) is 5.60. The van der Waals surface area contributed by atoms with Gasteiger partial charge in [0.1, 0.15) is 0 Å². The second-order valence-corrected chi connectivity index (χ2v) is 6.92. The van der Waals surface area contributed by atoms with E-state index in [1.807, 2.05) is 6.92 Å². The Labute approximate surface area is 131 Å². The monoisotopic (exact) mass is 297 g/mol. The van der Waals surface area contributed by atoms with E-state index in [2.05, 4.69) is 53.3 Å². The maximum absolute atomic E-state index is 5.59. The molecule has 0 spiro atoms. The van der Waals surface area contributed by atoms with E-state index in [9.17, 15) is 0 Å². The van der Waals surface area contributed by atoms with Crippen molar-refractivity contribution < 1.29 is 4.52 Å². The number of aryl methyl sites for hydroxylation is 2. The van der Waals surface area contributed by atoms with Crippen molar-refractivity contribution in [3.05, 3.63) is 47.1 Å². The maximum Gasteiger partial charge on any atom is 0.231 e. The normalized spacial score (nSPS) is 31.6. The number of rotatable bonds is 2. The zero-order valence-corrected chi connectivity index (χ0v) is 13.5. The fraction of sp³-hybridized carbons (Fsp3) is 0.556. The Bertz CT molecular complexity index is 663. The Kier molecular flexibility index (Phi) is 3.30. The van der Waals surface area contributed by atoms with Gasteiger partial charge in [0.2, 0.25) is 5.89 Å². The lowest BCUT2D eigenvalue weighted by atomic mass is 9.76. The highest BCUT2D eigenvalue weighted by molar-refractivity contribution is 5.30. The summed E-state index contributed by atoms with van der Waals surface area (Å²) in [6, 6.07) is 10.2. The summed E-state index contributed by atoms with van der Waals surface area (Å²) in [5.74, 6) is 2.35. The summed E-state index contributed by atoms with van der Waals surface area (Å²) >= 11 is 0. The minimum atomic E-state index is 0.313. The molecule has 4 heteroatoms. The van der Waals surface area contributed by atoms with Crippen LogP contribution >= 0.6 is 0 Å². The lowest BCUT2D eigenvalue weighted by molar-refractivity contribution is 0.120. The van der Waals surface area contributed by atoms with Gasteiger partial charge in [0.05, 0.1) is 5.92 Å². The van der Waals surface area contributed by atoms with Crippen molar-refractivity contribution in [2.24, 2.45) is 0 Å². The van der Waals surface area contributed by atoms with E-state index in [1.165, 1.54) is 30.4 Å². The highest BCUT2D eigenvalue weighted by Gasteiger charge is 2.48. The number of hydrogen-bond acceptors (Lipinski definition) is 4. The van der Waals surface area contributed by atoms with Crippen molar-refractivity contribution >= 4 is 0 Å². The van der Waals surface area contributed by atoms with Crippen molar-refractivity contribution in [2.75, 3.05) is 7.05 Å². The van der Waals surface area contributed by atoms with Crippen molar-refractivity contribution in [1.82, 2.24) is 15.0 Å². The van der Waals surface area contributed by atoms with Gasteiger partial charge in [-0.3, -0.25) is 4.90 Å². The molecule has 4 rings (SSSR count). The summed E-state index contributed by atoms with van der Waals surface area (Å²) in [6.45, 7) is 4.04. The molecule has 0 amide bonds. The van der Waals surface area contributed by atoms with Crippen LogP contribution in [0.1, 0.15) is 53.9 Å². The van der Waals surface area contributed by atoms with Crippen LogP contribution in [-0.2, 0) is 0 Å². The molecule has 1 aromatic carbocycles. The largest absolute Gasteiger partial charge is 0.339 e. The molecule has 2 aliphatic heterocycles. The van der Waals surface area contributed by atoms with Gasteiger partial charge in [-0.15, -0.1) is 0 Å². The smallest absolute Gasteiger partial charge is 0.231 e. The average molecular weight is 297 g/mol. The number of benzene rings is 1. The first-order chi connectivity index (χ1) is 10.6. The zero-order chi connectivity index (χ0) is 15.3. The lowest BCUT2D eigenvalue weighted by Crippen LogP contribution is -2.44. The van der Waals surface area contributed by atoms with E-state index in [1.54, 1.807) is 0 Å². The highest BCUT2D eigenvalue weighted by Crippen LogP contribution is 2.50. The molecule has 116 valence electrons. The minimum Gasteiger partial charge on any atom is -0.339 e. The summed E-state index contributed by atoms with van der Waals surface area (Å²) in [5.41, 5.74) is 2.72. The van der Waals surface area contributed by atoms with E-state index in [4.69, 9.17) is 4.52 Å². The molecular formula is C18H23N3O. The van der Waals surface area contributed by atoms with Gasteiger partial charge in [0, 0.05) is 12.1 Å². The van der Waals surface area contributed by atoms with Crippen LogP contribution in [0.2, 0.25) is 0 Å². The van der Waals surface area contributed by atoms with Gasteiger partial charge in [-0.1, -0.05) is 35.0 Å². The molecule has 0 radical (unpaired) electrons. The number of nitrogens with zero attached hydrogens (tertiary/aromatic N) is 3. The van der Waals surface area contributed by atoms with Gasteiger partial charge in [0.25, 0.3) is 0 Å². The molecule has 2 unspecified atom stereocenters. The second-order valence-electron chi connectivity index (χ2n) is 6.92. The first-order valence-corrected chi connectivity index (χ1v) is 8.22. The first-order valence-electron chi connectivity index (χ1n) is 8.22. The number of likely N-dealkylation sites (N-methyl/N-ethyl adjacent to an activating group) is 1. The second kappa shape index (κ2) is 5.20. The van der Waals surface area contributed by atoms with Crippen molar-refractivity contribution in [1.29, 1.82) is 0 Å². The average Bonchev–Trinajstić information content (AvgIpc) is 3.02. The molecule has 2 aliphatic rings. The van der Waals surface area contributed by atoms with Crippen LogP contribution < -0.4 is 0 Å². The molecule has 4 atom stereocenters. The summed E-state index contributed by atoms with van der Waals surface area (Å²) in [6.07, 6.45) is 3.70. The van der Waals surface area contributed by atoms with E-state index < -0.39 is 0 Å². The molecule has 2 fully saturated rings. The predicted molar refractivity (Wildman–Crippen MR) is 84.9 cm³/mol. The number of piperidine rings is 1. The molecule has 2 aromatic rings. The molecule has 0 saturated carbocycles. The van der Waals surface area contributed by atoms with Crippen LogP contribution in [0.3, 0.4) is 0 Å². The molecule has 4 nitrogen and oxygen atoms in total. The number of fused-ring (bicyclic) bond motifs is 2. The summed E-state index contributed by atoms with van der Waals surface area (Å²) in [4.78, 5) is 7.11. The lowest BCUT2D eigenvalue weighted by Gasteiger charge is -2.41. The number of aromatic nitrogens is 2. The maximum atomic E-state index is 5.59. The molecule has 2 bridgehead atoms. The highest BCUT2D eigenvalue weighted by atomic mass is 16.5. The SMILES string of the molecule is Cc1ccc([C@@H]2C[C@H]3CCC(C2c2nc(C)no2)N3C)cc1. The Morgan fingerprint density at radius 3 is 2.59 bits per heavy atom. The predicted octanol–water partition coefficient (Wildman–Crippen LogP) is 3.42. The molecule has 22 heavy (non-hydrogen) atoms. The van der Waals surface area contributed by atoms with E-state index in [-0.39, 0.29) is 0 Å². The third kappa shape index (κ3) is 2.17. The van der Waals surface area contributed by atoms with Crippen LogP contribution in [-0.4, -0.2) is 34.2 Å². The number of hydrogen-bond donors (Lipinski definition) is 0. The van der Waals surface area contributed by atoms with Crippen LogP contribution in [0.5, 0.6) is 0 Å². The van der Waals surface area contributed by atoms with Gasteiger partial charge >= 0.3 is 0 Å². The Balaban J connectivity index is 1.76. The van der Waals surface area contributed by atoms with Gasteiger partial charge < -0.3 is 4.52 Å². The molecule has 0 N–H and O–H groups in total. The summed E-state index contributed by atoms with van der Waals surface area (Å²) < 4.78 is 5.59. The minimum absolute atomic E-state index is 0.313. The van der Waals surface area contributed by atoms with Gasteiger partial charge in [-0.05, 0) is 51.6 Å².